The predicted molar refractivity (Wildman–Crippen MR) is 152 cm³/mol. The first-order chi connectivity index (χ1) is 19.4. The molecule has 5 rings (SSSR count). The van der Waals surface area contributed by atoms with Gasteiger partial charge in [0.1, 0.15) is 11.6 Å². The van der Waals surface area contributed by atoms with Gasteiger partial charge in [-0.25, -0.2) is 9.37 Å². The Kier molecular flexibility index (Phi) is 8.35. The van der Waals surface area contributed by atoms with E-state index >= 15 is 0 Å². The Bertz CT molecular complexity index is 1570. The van der Waals surface area contributed by atoms with Crippen LogP contribution in [0, 0.1) is 5.82 Å². The van der Waals surface area contributed by atoms with Crippen LogP contribution >= 0.6 is 11.3 Å². The molecule has 4 bridgehead atoms. The molecule has 3 amide bonds. The van der Waals surface area contributed by atoms with E-state index in [1.807, 2.05) is 6.07 Å². The Morgan fingerprint density at radius 2 is 1.77 bits per heavy atom. The molecule has 3 aromatic carbocycles. The largest absolute Gasteiger partial charge is 0.507 e. The van der Waals surface area contributed by atoms with E-state index in [2.05, 4.69) is 15.6 Å². The fourth-order valence-corrected chi connectivity index (χ4v) is 5.41. The van der Waals surface area contributed by atoms with Gasteiger partial charge in [0, 0.05) is 54.9 Å². The minimum atomic E-state index is -0.562. The Labute approximate surface area is 234 Å². The molecule has 8 nitrogen and oxygen atoms in total. The summed E-state index contributed by atoms with van der Waals surface area (Å²) in [6.07, 6.45) is 1.70. The van der Waals surface area contributed by atoms with Crippen molar-refractivity contribution in [2.75, 3.05) is 26.2 Å². The van der Waals surface area contributed by atoms with Gasteiger partial charge in [-0.15, -0.1) is 11.3 Å². The molecule has 1 aliphatic rings. The van der Waals surface area contributed by atoms with Gasteiger partial charge in [0.25, 0.3) is 11.8 Å². The zero-order valence-corrected chi connectivity index (χ0v) is 22.6. The summed E-state index contributed by atoms with van der Waals surface area (Å²) in [7, 11) is 0. The third kappa shape index (κ3) is 6.28. The molecule has 4 aromatic rings. The predicted octanol–water partition coefficient (Wildman–Crippen LogP) is 4.52. The van der Waals surface area contributed by atoms with Crippen molar-refractivity contribution in [3.63, 3.8) is 0 Å². The topological polar surface area (TPSA) is 112 Å². The lowest BCUT2D eigenvalue weighted by Gasteiger charge is -2.23. The van der Waals surface area contributed by atoms with Gasteiger partial charge >= 0.3 is 0 Å². The van der Waals surface area contributed by atoms with Crippen molar-refractivity contribution in [3.8, 4) is 16.9 Å². The van der Waals surface area contributed by atoms with Gasteiger partial charge in [-0.2, -0.15) is 0 Å². The Balaban J connectivity index is 1.36. The minimum absolute atomic E-state index is 0.103. The summed E-state index contributed by atoms with van der Waals surface area (Å²) in [6, 6.07) is 14.3. The number of carbonyl (C=O) groups excluding carboxylic acids is 3. The first kappa shape index (κ1) is 27.3. The van der Waals surface area contributed by atoms with Crippen molar-refractivity contribution in [2.45, 2.75) is 25.7 Å². The van der Waals surface area contributed by atoms with E-state index in [9.17, 15) is 23.9 Å². The summed E-state index contributed by atoms with van der Waals surface area (Å²) in [4.78, 5) is 44.8. The second-order valence-corrected chi connectivity index (χ2v) is 10.6. The van der Waals surface area contributed by atoms with E-state index in [1.165, 1.54) is 35.6 Å². The van der Waals surface area contributed by atoms with Crippen LogP contribution in [-0.2, 0) is 11.2 Å². The average molecular weight is 561 g/mol. The molecule has 2 heterocycles. The molecule has 3 N–H and O–H groups in total. The van der Waals surface area contributed by atoms with Crippen LogP contribution in [0.1, 0.15) is 45.5 Å². The number of benzene rings is 3. The van der Waals surface area contributed by atoms with Crippen molar-refractivity contribution in [2.24, 2.45) is 0 Å². The number of halogens is 1. The van der Waals surface area contributed by atoms with Gasteiger partial charge in [0.2, 0.25) is 5.91 Å². The number of hydrogen-bond donors (Lipinski definition) is 3. The van der Waals surface area contributed by atoms with Gasteiger partial charge in [-0.1, -0.05) is 6.07 Å². The second kappa shape index (κ2) is 12.3. The normalized spacial score (nSPS) is 15.5. The number of rotatable bonds is 1. The third-order valence-corrected chi connectivity index (χ3v) is 7.71. The van der Waals surface area contributed by atoms with Crippen LogP contribution in [0.3, 0.4) is 0 Å². The highest BCUT2D eigenvalue weighted by Crippen LogP contribution is 2.33. The lowest BCUT2D eigenvalue weighted by atomic mass is 9.98. The van der Waals surface area contributed by atoms with Gasteiger partial charge < -0.3 is 20.6 Å². The van der Waals surface area contributed by atoms with Crippen LogP contribution in [0.4, 0.5) is 4.39 Å². The molecule has 40 heavy (non-hydrogen) atoms. The molecule has 0 aliphatic carbocycles. The number of aromatic nitrogens is 1. The average Bonchev–Trinajstić information content (AvgIpc) is 3.43. The SMILES string of the molecule is O=C1CCCN(C(=O)c2ccc3scnc3c2)CCCNC(=O)c2ccc(F)c(c2)-c2cc(ccc2O)CCN1. The van der Waals surface area contributed by atoms with E-state index in [-0.39, 0.29) is 46.6 Å². The second-order valence-electron chi connectivity index (χ2n) is 9.69. The Morgan fingerprint density at radius 3 is 2.65 bits per heavy atom. The van der Waals surface area contributed by atoms with Gasteiger partial charge in [0.05, 0.1) is 15.7 Å². The van der Waals surface area contributed by atoms with Crippen molar-refractivity contribution in [3.05, 3.63) is 82.6 Å². The fourth-order valence-electron chi connectivity index (χ4n) is 4.75. The fraction of sp³-hybridized carbons (Fsp3) is 0.267. The first-order valence-electron chi connectivity index (χ1n) is 13.2. The summed E-state index contributed by atoms with van der Waals surface area (Å²) in [5.41, 5.74) is 4.47. The Morgan fingerprint density at radius 1 is 0.925 bits per heavy atom. The Hall–Kier alpha value is -4.31. The van der Waals surface area contributed by atoms with E-state index in [1.54, 1.807) is 34.7 Å². The smallest absolute Gasteiger partial charge is 0.253 e. The van der Waals surface area contributed by atoms with Crippen LogP contribution in [0.2, 0.25) is 0 Å². The zero-order valence-electron chi connectivity index (χ0n) is 21.8. The van der Waals surface area contributed by atoms with Gasteiger partial charge in [-0.05, 0) is 73.4 Å². The highest BCUT2D eigenvalue weighted by atomic mass is 32.1. The van der Waals surface area contributed by atoms with Crippen LogP contribution < -0.4 is 10.6 Å². The number of thiazole rings is 1. The number of hydrogen-bond acceptors (Lipinski definition) is 6. The summed E-state index contributed by atoms with van der Waals surface area (Å²) in [5.74, 6) is -1.33. The molecule has 1 aliphatic heterocycles. The van der Waals surface area contributed by atoms with Crippen molar-refractivity contribution in [1.82, 2.24) is 20.5 Å². The summed E-state index contributed by atoms with van der Waals surface area (Å²) < 4.78 is 15.8. The minimum Gasteiger partial charge on any atom is -0.507 e. The first-order valence-corrected chi connectivity index (χ1v) is 14.1. The van der Waals surface area contributed by atoms with Crippen LogP contribution in [0.25, 0.3) is 21.3 Å². The molecule has 10 heteroatoms. The lowest BCUT2D eigenvalue weighted by Crippen LogP contribution is -2.36. The molecule has 0 radical (unpaired) electrons. The number of phenols is 1. The van der Waals surface area contributed by atoms with Crippen LogP contribution in [0.15, 0.2) is 60.1 Å². The van der Waals surface area contributed by atoms with Crippen molar-refractivity contribution < 1.29 is 23.9 Å². The quantitative estimate of drug-likeness (QED) is 0.317. The zero-order chi connectivity index (χ0) is 28.1. The summed E-state index contributed by atoms with van der Waals surface area (Å²) >= 11 is 1.51. The van der Waals surface area contributed by atoms with E-state index in [0.717, 1.165) is 15.8 Å². The number of phenolic OH excluding ortho intramolecular Hbond substituents is 1. The third-order valence-electron chi connectivity index (χ3n) is 6.90. The lowest BCUT2D eigenvalue weighted by molar-refractivity contribution is -0.121. The molecule has 0 saturated carbocycles. The number of nitrogens with one attached hydrogen (secondary N) is 2. The molecular formula is C30H29FN4O4S. The molecule has 1 aromatic heterocycles. The maximum absolute atomic E-state index is 14.8. The highest BCUT2D eigenvalue weighted by Gasteiger charge is 2.18. The molecule has 0 spiro atoms. The molecule has 0 saturated heterocycles. The maximum Gasteiger partial charge on any atom is 0.253 e. The molecule has 0 atom stereocenters. The molecule has 0 unspecified atom stereocenters. The summed E-state index contributed by atoms with van der Waals surface area (Å²) in [5, 5.41) is 16.2. The number of fused-ring (bicyclic) bond motifs is 6. The molecule has 206 valence electrons. The van der Waals surface area contributed by atoms with Crippen LogP contribution in [-0.4, -0.2) is 58.9 Å². The highest BCUT2D eigenvalue weighted by molar-refractivity contribution is 7.16. The van der Waals surface area contributed by atoms with Gasteiger partial charge in [-0.3, -0.25) is 14.4 Å². The maximum atomic E-state index is 14.8. The number of nitrogens with zero attached hydrogens (tertiary/aromatic N) is 2. The standard InChI is InChI=1S/C30H29FN4O4S/c31-24-7-5-20-16-22(24)23-15-19(4-8-26(23)36)10-12-32-28(37)3-1-13-35(14-2-11-33-29(20)38)30(39)21-6-9-27-25(17-21)34-18-40-27/h4-9,15-18,36H,1-3,10-14H2,(H,32,37)(H,33,38). The number of amides is 3. The van der Waals surface area contributed by atoms with Crippen molar-refractivity contribution in [1.29, 1.82) is 0 Å². The van der Waals surface area contributed by atoms with Gasteiger partial charge in [0.15, 0.2) is 0 Å². The monoisotopic (exact) mass is 560 g/mol. The van der Waals surface area contributed by atoms with Crippen molar-refractivity contribution >= 4 is 39.3 Å². The van der Waals surface area contributed by atoms with Crippen LogP contribution in [0.5, 0.6) is 5.75 Å². The van der Waals surface area contributed by atoms with E-state index < -0.39 is 5.82 Å². The number of carbonyl (C=O) groups is 3. The summed E-state index contributed by atoms with van der Waals surface area (Å²) in [6.45, 7) is 1.42. The van der Waals surface area contributed by atoms with E-state index in [4.69, 9.17) is 0 Å². The molecular weight excluding hydrogens is 531 g/mol. The van der Waals surface area contributed by atoms with E-state index in [0.29, 0.717) is 51.0 Å². The molecule has 0 fully saturated rings. The number of aromatic hydroxyl groups is 1.